The molecule has 27 heavy (non-hydrogen) atoms. The summed E-state index contributed by atoms with van der Waals surface area (Å²) in [4.78, 5) is 20.5. The van der Waals surface area contributed by atoms with Crippen LogP contribution in [0.25, 0.3) is 5.82 Å². The Morgan fingerprint density at radius 3 is 2.70 bits per heavy atom. The largest absolute Gasteiger partial charge is 0.368 e. The monoisotopic (exact) mass is 370 g/mol. The van der Waals surface area contributed by atoms with E-state index in [1.165, 1.54) is 38.4 Å². The summed E-state index contributed by atoms with van der Waals surface area (Å²) in [6.07, 6.45) is 9.79. The minimum absolute atomic E-state index is 0.147. The van der Waals surface area contributed by atoms with Crippen molar-refractivity contribution in [1.82, 2.24) is 25.1 Å². The van der Waals surface area contributed by atoms with E-state index in [0.717, 1.165) is 35.4 Å². The van der Waals surface area contributed by atoms with Crippen LogP contribution in [-0.2, 0) is 4.79 Å². The highest BCUT2D eigenvalue weighted by molar-refractivity contribution is 5.75. The average Bonchev–Trinajstić information content (AvgIpc) is 3.03. The zero-order chi connectivity index (χ0) is 19.1. The van der Waals surface area contributed by atoms with Crippen LogP contribution in [0.2, 0.25) is 0 Å². The molecule has 2 aromatic rings. The predicted molar refractivity (Wildman–Crippen MR) is 106 cm³/mol. The Labute approximate surface area is 161 Å². The molecule has 146 valence electrons. The van der Waals surface area contributed by atoms with Crippen molar-refractivity contribution in [1.29, 1.82) is 0 Å². The van der Waals surface area contributed by atoms with Crippen LogP contribution in [0.5, 0.6) is 0 Å². The molecule has 0 radical (unpaired) electrons. The molecule has 0 atom stereocenters. The Morgan fingerprint density at radius 1 is 1.15 bits per heavy atom. The lowest BCUT2D eigenvalue weighted by molar-refractivity contribution is -0.121. The number of aromatic nitrogens is 4. The van der Waals surface area contributed by atoms with Crippen LogP contribution in [-0.4, -0.2) is 38.7 Å². The van der Waals surface area contributed by atoms with Gasteiger partial charge < -0.3 is 10.6 Å². The molecule has 0 aliphatic heterocycles. The van der Waals surface area contributed by atoms with E-state index in [1.807, 2.05) is 26.0 Å². The summed E-state index contributed by atoms with van der Waals surface area (Å²) in [5, 5.41) is 10.7. The molecular formula is C20H30N6O. The summed E-state index contributed by atoms with van der Waals surface area (Å²) in [5.74, 6) is 2.35. The van der Waals surface area contributed by atoms with Crippen LogP contribution >= 0.6 is 0 Å². The molecule has 1 fully saturated rings. The van der Waals surface area contributed by atoms with Crippen LogP contribution in [0.15, 0.2) is 18.5 Å². The smallest absolute Gasteiger partial charge is 0.220 e. The fourth-order valence-corrected chi connectivity index (χ4v) is 3.71. The molecule has 1 saturated carbocycles. The van der Waals surface area contributed by atoms with Gasteiger partial charge in [0, 0.05) is 31.3 Å². The van der Waals surface area contributed by atoms with Crippen LogP contribution in [0.3, 0.4) is 0 Å². The number of hydrogen-bond donors (Lipinski definition) is 2. The predicted octanol–water partition coefficient (Wildman–Crippen LogP) is 3.17. The lowest BCUT2D eigenvalue weighted by Crippen LogP contribution is -2.29. The van der Waals surface area contributed by atoms with E-state index in [1.54, 1.807) is 4.68 Å². The standard InChI is InChI=1S/C20H30N6O/c1-15-12-16(2)26(25-15)19-13-18(23-14-24-19)21-10-11-22-20(27)9-8-17-6-4-3-5-7-17/h12-14,17H,3-11H2,1-2H3,(H,22,27)(H,21,23,24). The topological polar surface area (TPSA) is 84.7 Å². The van der Waals surface area contributed by atoms with Crippen molar-refractivity contribution in [2.24, 2.45) is 5.92 Å². The van der Waals surface area contributed by atoms with E-state index in [-0.39, 0.29) is 5.91 Å². The summed E-state index contributed by atoms with van der Waals surface area (Å²) in [6.45, 7) is 5.17. The molecule has 1 amide bonds. The van der Waals surface area contributed by atoms with Crippen LogP contribution < -0.4 is 10.6 Å². The summed E-state index contributed by atoms with van der Waals surface area (Å²) in [7, 11) is 0. The molecule has 0 aromatic carbocycles. The first-order valence-corrected chi connectivity index (χ1v) is 9.98. The average molecular weight is 371 g/mol. The summed E-state index contributed by atoms with van der Waals surface area (Å²) in [5.41, 5.74) is 1.99. The maximum absolute atomic E-state index is 12.0. The number of rotatable bonds is 8. The second-order valence-electron chi connectivity index (χ2n) is 7.42. The Balaban J connectivity index is 1.39. The van der Waals surface area contributed by atoms with Gasteiger partial charge in [0.05, 0.1) is 5.69 Å². The Bertz CT molecular complexity index is 751. The van der Waals surface area contributed by atoms with Crippen LogP contribution in [0.1, 0.15) is 56.3 Å². The molecule has 0 unspecified atom stereocenters. The van der Waals surface area contributed by atoms with Gasteiger partial charge in [0.15, 0.2) is 5.82 Å². The molecule has 2 aromatic heterocycles. The fourth-order valence-electron chi connectivity index (χ4n) is 3.71. The van der Waals surface area contributed by atoms with Crippen LogP contribution in [0, 0.1) is 19.8 Å². The molecule has 2 N–H and O–H groups in total. The first kappa shape index (κ1) is 19.3. The molecule has 1 aliphatic rings. The minimum atomic E-state index is 0.147. The maximum Gasteiger partial charge on any atom is 0.220 e. The number of anilines is 1. The van der Waals surface area contributed by atoms with Crippen molar-refractivity contribution in [2.45, 2.75) is 58.8 Å². The van der Waals surface area contributed by atoms with Crippen molar-refractivity contribution in [3.63, 3.8) is 0 Å². The third-order valence-electron chi connectivity index (χ3n) is 5.14. The molecule has 0 saturated heterocycles. The normalized spacial score (nSPS) is 14.9. The van der Waals surface area contributed by atoms with Crippen LogP contribution in [0.4, 0.5) is 5.82 Å². The molecular weight excluding hydrogens is 340 g/mol. The quantitative estimate of drug-likeness (QED) is 0.697. The lowest BCUT2D eigenvalue weighted by Gasteiger charge is -2.21. The minimum Gasteiger partial charge on any atom is -0.368 e. The van der Waals surface area contributed by atoms with Crippen molar-refractivity contribution >= 4 is 11.7 Å². The number of nitrogens with one attached hydrogen (secondary N) is 2. The van der Waals surface area contributed by atoms with E-state index < -0.39 is 0 Å². The number of nitrogens with zero attached hydrogens (tertiary/aromatic N) is 4. The van der Waals surface area contributed by atoms with Gasteiger partial charge in [-0.2, -0.15) is 5.10 Å². The number of carbonyl (C=O) groups is 1. The third kappa shape index (κ3) is 5.77. The summed E-state index contributed by atoms with van der Waals surface area (Å²) in [6, 6.07) is 3.88. The maximum atomic E-state index is 12.0. The molecule has 7 nitrogen and oxygen atoms in total. The zero-order valence-corrected chi connectivity index (χ0v) is 16.4. The van der Waals surface area contributed by atoms with E-state index in [9.17, 15) is 4.79 Å². The van der Waals surface area contributed by atoms with Gasteiger partial charge in [-0.3, -0.25) is 4.79 Å². The highest BCUT2D eigenvalue weighted by Gasteiger charge is 2.14. The highest BCUT2D eigenvalue weighted by Crippen LogP contribution is 2.27. The second-order valence-corrected chi connectivity index (χ2v) is 7.42. The van der Waals surface area contributed by atoms with Crippen molar-refractivity contribution in [3.8, 4) is 5.82 Å². The Hall–Kier alpha value is -2.44. The van der Waals surface area contributed by atoms with Gasteiger partial charge in [0.2, 0.25) is 5.91 Å². The van der Waals surface area contributed by atoms with E-state index in [0.29, 0.717) is 19.5 Å². The lowest BCUT2D eigenvalue weighted by atomic mass is 9.86. The zero-order valence-electron chi connectivity index (χ0n) is 16.4. The third-order valence-corrected chi connectivity index (χ3v) is 5.14. The molecule has 0 spiro atoms. The Kier molecular flexibility index (Phi) is 6.79. The van der Waals surface area contributed by atoms with E-state index >= 15 is 0 Å². The van der Waals surface area contributed by atoms with Crippen molar-refractivity contribution in [3.05, 3.63) is 29.8 Å². The number of hydrogen-bond acceptors (Lipinski definition) is 5. The van der Waals surface area contributed by atoms with Gasteiger partial charge in [-0.05, 0) is 32.3 Å². The first-order valence-electron chi connectivity index (χ1n) is 9.98. The van der Waals surface area contributed by atoms with E-state index in [2.05, 4.69) is 25.7 Å². The molecule has 1 aliphatic carbocycles. The molecule has 7 heteroatoms. The fraction of sp³-hybridized carbons (Fsp3) is 0.600. The number of amides is 1. The van der Waals surface area contributed by atoms with Gasteiger partial charge in [-0.1, -0.05) is 32.1 Å². The van der Waals surface area contributed by atoms with Gasteiger partial charge in [-0.15, -0.1) is 0 Å². The number of carbonyl (C=O) groups excluding carboxylic acids is 1. The SMILES string of the molecule is Cc1cc(C)n(-c2cc(NCCNC(=O)CCC3CCCCC3)ncn2)n1. The highest BCUT2D eigenvalue weighted by atomic mass is 16.1. The summed E-state index contributed by atoms with van der Waals surface area (Å²) >= 11 is 0. The molecule has 3 rings (SSSR count). The molecule has 0 bridgehead atoms. The van der Waals surface area contributed by atoms with Crippen molar-refractivity contribution < 1.29 is 4.79 Å². The first-order chi connectivity index (χ1) is 13.1. The van der Waals surface area contributed by atoms with Gasteiger partial charge in [0.25, 0.3) is 0 Å². The molecule has 2 heterocycles. The van der Waals surface area contributed by atoms with E-state index in [4.69, 9.17) is 0 Å². The second kappa shape index (κ2) is 9.48. The van der Waals surface area contributed by atoms with Gasteiger partial charge >= 0.3 is 0 Å². The van der Waals surface area contributed by atoms with Gasteiger partial charge in [0.1, 0.15) is 12.1 Å². The Morgan fingerprint density at radius 2 is 1.96 bits per heavy atom. The summed E-state index contributed by atoms with van der Waals surface area (Å²) < 4.78 is 1.80. The van der Waals surface area contributed by atoms with Gasteiger partial charge in [-0.25, -0.2) is 14.6 Å². The van der Waals surface area contributed by atoms with Crippen molar-refractivity contribution in [2.75, 3.05) is 18.4 Å². The number of aryl methyl sites for hydroxylation is 2.